The minimum atomic E-state index is -0.639. The van der Waals surface area contributed by atoms with E-state index in [-0.39, 0.29) is 5.91 Å². The Balaban J connectivity index is 3.74. The van der Waals surface area contributed by atoms with Crippen LogP contribution < -0.4 is 10.6 Å². The molecule has 1 unspecified atom stereocenters. The summed E-state index contributed by atoms with van der Waals surface area (Å²) in [5.74, 6) is -0.257. The second-order valence-electron chi connectivity index (χ2n) is 4.30. The summed E-state index contributed by atoms with van der Waals surface area (Å²) in [4.78, 5) is 22.2. The van der Waals surface area contributed by atoms with Crippen molar-refractivity contribution in [3.05, 3.63) is 0 Å². The molecule has 0 heterocycles. The molecule has 5 nitrogen and oxygen atoms in total. The van der Waals surface area contributed by atoms with E-state index in [1.165, 1.54) is 7.05 Å². The van der Waals surface area contributed by atoms with Crippen LogP contribution in [0.25, 0.3) is 0 Å². The van der Waals surface area contributed by atoms with Gasteiger partial charge in [-0.05, 0) is 27.2 Å². The van der Waals surface area contributed by atoms with Gasteiger partial charge in [0, 0.05) is 13.6 Å². The van der Waals surface area contributed by atoms with E-state index >= 15 is 0 Å². The van der Waals surface area contributed by atoms with E-state index in [0.717, 1.165) is 0 Å². The maximum absolute atomic E-state index is 11.2. The fourth-order valence-electron chi connectivity index (χ4n) is 0.903. The zero-order valence-electron chi connectivity index (χ0n) is 10.1. The van der Waals surface area contributed by atoms with Crippen molar-refractivity contribution in [3.63, 3.8) is 0 Å². The van der Waals surface area contributed by atoms with Gasteiger partial charge < -0.3 is 15.4 Å². The van der Waals surface area contributed by atoms with E-state index in [0.29, 0.717) is 13.0 Å². The van der Waals surface area contributed by atoms with E-state index in [2.05, 4.69) is 10.6 Å². The van der Waals surface area contributed by atoms with Gasteiger partial charge in [0.15, 0.2) is 0 Å². The van der Waals surface area contributed by atoms with Gasteiger partial charge in [0.1, 0.15) is 11.0 Å². The summed E-state index contributed by atoms with van der Waals surface area (Å²) in [6.45, 7) is 5.64. The number of hydrogen-bond acceptors (Lipinski definition) is 3. The fraction of sp³-hybridized carbons (Fsp3) is 0.800. The Morgan fingerprint density at radius 3 is 2.38 bits per heavy atom. The predicted octanol–water partition coefficient (Wildman–Crippen LogP) is 1.25. The van der Waals surface area contributed by atoms with Crippen LogP contribution in [0, 0.1) is 0 Å². The van der Waals surface area contributed by atoms with Gasteiger partial charge >= 0.3 is 6.09 Å². The molecule has 1 atom stereocenters. The number of ether oxygens (including phenoxy) is 1. The molecule has 0 aromatic rings. The average Bonchev–Trinajstić information content (AvgIpc) is 2.13. The molecule has 2 amide bonds. The lowest BCUT2D eigenvalue weighted by molar-refractivity contribution is -0.120. The highest BCUT2D eigenvalue weighted by Gasteiger charge is 2.17. The molecule has 0 bridgehead atoms. The molecule has 0 aromatic carbocycles. The van der Waals surface area contributed by atoms with Crippen molar-refractivity contribution in [1.82, 2.24) is 10.6 Å². The summed E-state index contributed by atoms with van der Waals surface area (Å²) in [5.41, 5.74) is -0.523. The monoisotopic (exact) mass is 250 g/mol. The first-order valence-corrected chi connectivity index (χ1v) is 5.52. The van der Waals surface area contributed by atoms with Crippen LogP contribution in [0.4, 0.5) is 4.79 Å². The number of rotatable bonds is 4. The molecule has 0 aliphatic heterocycles. The number of halogens is 1. The average molecular weight is 251 g/mol. The molecule has 0 saturated heterocycles. The quantitative estimate of drug-likeness (QED) is 0.738. The number of alkyl carbamates (subject to hydrolysis) is 1. The summed E-state index contributed by atoms with van der Waals surface area (Å²) < 4.78 is 5.01. The van der Waals surface area contributed by atoms with Crippen LogP contribution in [0.3, 0.4) is 0 Å². The molecule has 0 aromatic heterocycles. The topological polar surface area (TPSA) is 67.4 Å². The Labute approximate surface area is 101 Å². The molecule has 94 valence electrons. The van der Waals surface area contributed by atoms with E-state index in [9.17, 15) is 9.59 Å². The Bertz CT molecular complexity index is 251. The van der Waals surface area contributed by atoms with Gasteiger partial charge in [-0.15, -0.1) is 11.6 Å². The minimum absolute atomic E-state index is 0.257. The fourth-order valence-corrected chi connectivity index (χ4v) is 1.12. The lowest BCUT2D eigenvalue weighted by atomic mass is 10.2. The maximum atomic E-state index is 11.2. The summed E-state index contributed by atoms with van der Waals surface area (Å²) in [6, 6.07) is 0. The van der Waals surface area contributed by atoms with Gasteiger partial charge in [0.25, 0.3) is 0 Å². The highest BCUT2D eigenvalue weighted by molar-refractivity contribution is 6.30. The Hall–Kier alpha value is -0.970. The SMILES string of the molecule is CNC(=O)C(Cl)CCNC(=O)OC(C)(C)C. The van der Waals surface area contributed by atoms with Crippen molar-refractivity contribution in [2.75, 3.05) is 13.6 Å². The van der Waals surface area contributed by atoms with Crippen LogP contribution >= 0.6 is 11.6 Å². The van der Waals surface area contributed by atoms with Gasteiger partial charge in [-0.3, -0.25) is 4.79 Å². The molecule has 0 rings (SSSR count). The molecule has 16 heavy (non-hydrogen) atoms. The van der Waals surface area contributed by atoms with Crippen molar-refractivity contribution in [2.24, 2.45) is 0 Å². The van der Waals surface area contributed by atoms with Crippen molar-refractivity contribution < 1.29 is 14.3 Å². The van der Waals surface area contributed by atoms with E-state index < -0.39 is 17.1 Å². The second-order valence-corrected chi connectivity index (χ2v) is 4.83. The molecular weight excluding hydrogens is 232 g/mol. The van der Waals surface area contributed by atoms with Gasteiger partial charge in [-0.25, -0.2) is 4.79 Å². The second kappa shape index (κ2) is 6.58. The normalized spacial score (nSPS) is 12.8. The highest BCUT2D eigenvalue weighted by Crippen LogP contribution is 2.06. The number of alkyl halides is 1. The molecule has 0 spiro atoms. The number of amides is 2. The Kier molecular flexibility index (Phi) is 6.18. The molecule has 0 aliphatic carbocycles. The maximum Gasteiger partial charge on any atom is 0.407 e. The number of carbonyl (C=O) groups is 2. The standard InChI is InChI=1S/C10H19ClN2O3/c1-10(2,3)16-9(15)13-6-5-7(11)8(14)12-4/h7H,5-6H2,1-4H3,(H,12,14)(H,13,15). The van der Waals surface area contributed by atoms with Crippen LogP contribution in [0.15, 0.2) is 0 Å². The molecule has 0 saturated carbocycles. The van der Waals surface area contributed by atoms with Crippen LogP contribution in [0.1, 0.15) is 27.2 Å². The summed E-state index contributed by atoms with van der Waals surface area (Å²) in [7, 11) is 1.51. The predicted molar refractivity (Wildman–Crippen MR) is 62.6 cm³/mol. The van der Waals surface area contributed by atoms with Crippen LogP contribution in [0.5, 0.6) is 0 Å². The molecule has 6 heteroatoms. The van der Waals surface area contributed by atoms with Gasteiger partial charge in [-0.2, -0.15) is 0 Å². The molecule has 0 radical (unpaired) electrons. The minimum Gasteiger partial charge on any atom is -0.444 e. The van der Waals surface area contributed by atoms with E-state index in [4.69, 9.17) is 16.3 Å². The number of nitrogens with one attached hydrogen (secondary N) is 2. The van der Waals surface area contributed by atoms with Crippen molar-refractivity contribution in [2.45, 2.75) is 38.2 Å². The third kappa shape index (κ3) is 7.34. The Morgan fingerprint density at radius 1 is 1.38 bits per heavy atom. The number of carbonyl (C=O) groups excluding carboxylic acids is 2. The largest absolute Gasteiger partial charge is 0.444 e. The lowest BCUT2D eigenvalue weighted by Gasteiger charge is -2.19. The van der Waals surface area contributed by atoms with E-state index in [1.54, 1.807) is 20.8 Å². The summed E-state index contributed by atoms with van der Waals surface area (Å²) in [6.07, 6.45) is -0.145. The molecule has 0 fully saturated rings. The first kappa shape index (κ1) is 15.0. The van der Waals surface area contributed by atoms with Gasteiger partial charge in [0.2, 0.25) is 5.91 Å². The van der Waals surface area contributed by atoms with Crippen molar-refractivity contribution in [1.29, 1.82) is 0 Å². The van der Waals surface area contributed by atoms with Crippen LogP contribution in [0.2, 0.25) is 0 Å². The Morgan fingerprint density at radius 2 is 1.94 bits per heavy atom. The van der Waals surface area contributed by atoms with Crippen molar-refractivity contribution in [3.8, 4) is 0 Å². The summed E-state index contributed by atoms with van der Waals surface area (Å²) >= 11 is 5.74. The van der Waals surface area contributed by atoms with Crippen molar-refractivity contribution >= 4 is 23.6 Å². The number of hydrogen-bond donors (Lipinski definition) is 2. The molecular formula is C10H19ClN2O3. The third-order valence-corrected chi connectivity index (χ3v) is 2.01. The lowest BCUT2D eigenvalue weighted by Crippen LogP contribution is -2.35. The highest BCUT2D eigenvalue weighted by atomic mass is 35.5. The summed E-state index contributed by atoms with van der Waals surface area (Å²) in [5, 5.41) is 4.31. The van der Waals surface area contributed by atoms with E-state index in [1.807, 2.05) is 0 Å². The van der Waals surface area contributed by atoms with Gasteiger partial charge in [0.05, 0.1) is 0 Å². The van der Waals surface area contributed by atoms with Crippen LogP contribution in [-0.4, -0.2) is 36.6 Å². The molecule has 2 N–H and O–H groups in total. The smallest absolute Gasteiger partial charge is 0.407 e. The first-order valence-electron chi connectivity index (χ1n) is 5.09. The zero-order valence-corrected chi connectivity index (χ0v) is 10.9. The zero-order chi connectivity index (χ0) is 12.8. The third-order valence-electron chi connectivity index (χ3n) is 1.60. The van der Waals surface area contributed by atoms with Crippen LogP contribution in [-0.2, 0) is 9.53 Å². The molecule has 0 aliphatic rings. The van der Waals surface area contributed by atoms with Gasteiger partial charge in [-0.1, -0.05) is 0 Å². The first-order chi connectivity index (χ1) is 7.26.